The average Bonchev–Trinajstić information content (AvgIpc) is 2.04. The van der Waals surface area contributed by atoms with Crippen LogP contribution in [0, 0.1) is 5.92 Å². The van der Waals surface area contributed by atoms with E-state index < -0.39 is 0 Å². The molecule has 0 aromatic carbocycles. The van der Waals surface area contributed by atoms with Gasteiger partial charge in [0.25, 0.3) is 0 Å². The first-order chi connectivity index (χ1) is 5.33. The fourth-order valence-electron chi connectivity index (χ4n) is 1.48. The molecule has 11 heavy (non-hydrogen) atoms. The van der Waals surface area contributed by atoms with Gasteiger partial charge >= 0.3 is 0 Å². The van der Waals surface area contributed by atoms with Crippen LogP contribution in [0.2, 0.25) is 0 Å². The van der Waals surface area contributed by atoms with E-state index in [0.29, 0.717) is 0 Å². The quantitative estimate of drug-likeness (QED) is 0.568. The summed E-state index contributed by atoms with van der Waals surface area (Å²) < 4.78 is 5.03. The van der Waals surface area contributed by atoms with Gasteiger partial charge in [-0.3, -0.25) is 0 Å². The van der Waals surface area contributed by atoms with Crippen LogP contribution in [0.4, 0.5) is 0 Å². The Labute approximate surface area is 69.4 Å². The largest absolute Gasteiger partial charge is 0.384 e. The molecule has 0 radical (unpaired) electrons. The average molecular weight is 154 g/mol. The summed E-state index contributed by atoms with van der Waals surface area (Å²) in [5.41, 5.74) is 1.60. The van der Waals surface area contributed by atoms with Crippen molar-refractivity contribution in [1.29, 1.82) is 0 Å². The molecule has 1 aliphatic rings. The van der Waals surface area contributed by atoms with Gasteiger partial charge in [0, 0.05) is 13.7 Å². The molecule has 0 bridgehead atoms. The first-order valence-corrected chi connectivity index (χ1v) is 4.49. The Morgan fingerprint density at radius 2 is 2.45 bits per heavy atom. The normalized spacial score (nSPS) is 24.9. The Morgan fingerprint density at radius 1 is 1.64 bits per heavy atom. The molecule has 64 valence electrons. The third-order valence-corrected chi connectivity index (χ3v) is 2.39. The third-order valence-electron chi connectivity index (χ3n) is 2.39. The minimum Gasteiger partial charge on any atom is -0.384 e. The highest BCUT2D eigenvalue weighted by Gasteiger charge is 2.08. The van der Waals surface area contributed by atoms with Crippen molar-refractivity contribution < 1.29 is 4.74 Å². The number of allylic oxidation sites excluding steroid dienone is 1. The van der Waals surface area contributed by atoms with Gasteiger partial charge in [-0.05, 0) is 31.6 Å². The number of rotatable bonds is 3. The van der Waals surface area contributed by atoms with Crippen LogP contribution in [0.25, 0.3) is 0 Å². The zero-order chi connectivity index (χ0) is 8.10. The Morgan fingerprint density at radius 3 is 3.00 bits per heavy atom. The van der Waals surface area contributed by atoms with E-state index in [0.717, 1.165) is 18.9 Å². The number of ether oxygens (including phenoxy) is 1. The molecule has 0 aliphatic heterocycles. The van der Waals surface area contributed by atoms with Crippen LogP contribution in [-0.2, 0) is 4.74 Å². The van der Waals surface area contributed by atoms with Gasteiger partial charge in [-0.1, -0.05) is 18.6 Å². The van der Waals surface area contributed by atoms with Crippen molar-refractivity contribution >= 4 is 0 Å². The zero-order valence-corrected chi connectivity index (χ0v) is 7.60. The second-order valence-corrected chi connectivity index (χ2v) is 3.48. The van der Waals surface area contributed by atoms with E-state index in [2.05, 4.69) is 13.0 Å². The molecule has 1 heteroatoms. The lowest BCUT2D eigenvalue weighted by molar-refractivity contribution is 0.200. The molecule has 1 aliphatic carbocycles. The maximum atomic E-state index is 5.03. The monoisotopic (exact) mass is 154 g/mol. The van der Waals surface area contributed by atoms with Crippen molar-refractivity contribution in [2.75, 3.05) is 13.7 Å². The molecular weight excluding hydrogens is 136 g/mol. The molecule has 0 aromatic rings. The van der Waals surface area contributed by atoms with Crippen LogP contribution in [-0.4, -0.2) is 13.7 Å². The van der Waals surface area contributed by atoms with Gasteiger partial charge in [0.05, 0.1) is 0 Å². The van der Waals surface area contributed by atoms with E-state index >= 15 is 0 Å². The molecule has 1 rings (SSSR count). The van der Waals surface area contributed by atoms with Crippen LogP contribution >= 0.6 is 0 Å². The van der Waals surface area contributed by atoms with Gasteiger partial charge in [0.15, 0.2) is 0 Å². The fourth-order valence-corrected chi connectivity index (χ4v) is 1.48. The summed E-state index contributed by atoms with van der Waals surface area (Å²) in [5.74, 6) is 0.904. The topological polar surface area (TPSA) is 9.23 Å². The maximum absolute atomic E-state index is 5.03. The smallest absolute Gasteiger partial charge is 0.0499 e. The van der Waals surface area contributed by atoms with Gasteiger partial charge in [0.1, 0.15) is 0 Å². The van der Waals surface area contributed by atoms with Crippen molar-refractivity contribution in [3.8, 4) is 0 Å². The molecule has 0 aromatic heterocycles. The highest BCUT2D eigenvalue weighted by atomic mass is 16.5. The minimum absolute atomic E-state index is 0.889. The molecule has 0 fully saturated rings. The maximum Gasteiger partial charge on any atom is 0.0499 e. The van der Waals surface area contributed by atoms with Crippen molar-refractivity contribution in [2.24, 2.45) is 5.92 Å². The van der Waals surface area contributed by atoms with E-state index in [1.165, 1.54) is 19.3 Å². The second-order valence-electron chi connectivity index (χ2n) is 3.48. The molecule has 0 heterocycles. The molecule has 1 atom stereocenters. The lowest BCUT2D eigenvalue weighted by Gasteiger charge is -2.17. The van der Waals surface area contributed by atoms with Crippen LogP contribution in [0.15, 0.2) is 11.6 Å². The molecule has 1 nitrogen and oxygen atoms in total. The van der Waals surface area contributed by atoms with Crippen molar-refractivity contribution in [1.82, 2.24) is 0 Å². The van der Waals surface area contributed by atoms with Crippen molar-refractivity contribution in [3.05, 3.63) is 11.6 Å². The third kappa shape index (κ3) is 3.06. The molecule has 0 N–H and O–H groups in total. The van der Waals surface area contributed by atoms with Crippen molar-refractivity contribution in [2.45, 2.75) is 32.6 Å². The Kier molecular flexibility index (Phi) is 3.64. The zero-order valence-electron chi connectivity index (χ0n) is 7.60. The predicted molar refractivity (Wildman–Crippen MR) is 47.6 cm³/mol. The summed E-state index contributed by atoms with van der Waals surface area (Å²) in [6.45, 7) is 3.21. The standard InChI is InChI=1S/C10H18O/c1-9-3-5-10(6-4-9)7-8-11-2/h5,9H,3-4,6-8H2,1-2H3/t9-/m1/s1. The Bertz CT molecular complexity index is 138. The number of hydrogen-bond acceptors (Lipinski definition) is 1. The molecular formula is C10H18O. The Hall–Kier alpha value is -0.300. The molecule has 0 unspecified atom stereocenters. The van der Waals surface area contributed by atoms with Gasteiger partial charge < -0.3 is 4.74 Å². The van der Waals surface area contributed by atoms with E-state index in [4.69, 9.17) is 4.74 Å². The van der Waals surface area contributed by atoms with E-state index in [1.54, 1.807) is 12.7 Å². The number of hydrogen-bond donors (Lipinski definition) is 0. The lowest BCUT2D eigenvalue weighted by Crippen LogP contribution is -2.03. The molecule has 0 saturated heterocycles. The summed E-state index contributed by atoms with van der Waals surface area (Å²) in [4.78, 5) is 0. The van der Waals surface area contributed by atoms with E-state index in [1.807, 2.05) is 0 Å². The summed E-state index contributed by atoms with van der Waals surface area (Å²) in [6, 6.07) is 0. The Balaban J connectivity index is 2.24. The summed E-state index contributed by atoms with van der Waals surface area (Å²) >= 11 is 0. The van der Waals surface area contributed by atoms with Gasteiger partial charge in [0.2, 0.25) is 0 Å². The predicted octanol–water partition coefficient (Wildman–Crippen LogP) is 2.77. The lowest BCUT2D eigenvalue weighted by atomic mass is 9.90. The SMILES string of the molecule is COCCC1=CC[C@@H](C)CC1. The molecule has 0 saturated carbocycles. The first-order valence-electron chi connectivity index (χ1n) is 4.49. The summed E-state index contributed by atoms with van der Waals surface area (Å²) in [6.07, 6.45) is 7.48. The summed E-state index contributed by atoms with van der Waals surface area (Å²) in [5, 5.41) is 0. The van der Waals surface area contributed by atoms with E-state index in [9.17, 15) is 0 Å². The van der Waals surface area contributed by atoms with Crippen LogP contribution in [0.5, 0.6) is 0 Å². The van der Waals surface area contributed by atoms with E-state index in [-0.39, 0.29) is 0 Å². The number of methoxy groups -OCH3 is 1. The van der Waals surface area contributed by atoms with Gasteiger partial charge in [-0.25, -0.2) is 0 Å². The molecule has 0 amide bonds. The second kappa shape index (κ2) is 4.55. The highest BCUT2D eigenvalue weighted by molar-refractivity contribution is 5.05. The molecule has 0 spiro atoms. The van der Waals surface area contributed by atoms with Gasteiger partial charge in [-0.15, -0.1) is 0 Å². The fraction of sp³-hybridized carbons (Fsp3) is 0.800. The van der Waals surface area contributed by atoms with Gasteiger partial charge in [-0.2, -0.15) is 0 Å². The van der Waals surface area contributed by atoms with Crippen molar-refractivity contribution in [3.63, 3.8) is 0 Å². The first kappa shape index (κ1) is 8.79. The van der Waals surface area contributed by atoms with Crippen LogP contribution in [0.3, 0.4) is 0 Å². The van der Waals surface area contributed by atoms with Crippen LogP contribution < -0.4 is 0 Å². The van der Waals surface area contributed by atoms with Crippen LogP contribution in [0.1, 0.15) is 32.6 Å². The minimum atomic E-state index is 0.889. The highest BCUT2D eigenvalue weighted by Crippen LogP contribution is 2.24. The summed E-state index contributed by atoms with van der Waals surface area (Å²) in [7, 11) is 1.77.